The Bertz CT molecular complexity index is 1390. The third kappa shape index (κ3) is 5.22. The van der Waals surface area contributed by atoms with Gasteiger partial charge in [-0.05, 0) is 60.1 Å². The van der Waals surface area contributed by atoms with Crippen LogP contribution in [0, 0.1) is 5.82 Å². The molecule has 3 aromatic heterocycles. The van der Waals surface area contributed by atoms with Crippen molar-refractivity contribution in [3.8, 4) is 11.5 Å². The van der Waals surface area contributed by atoms with Gasteiger partial charge in [-0.25, -0.2) is 9.18 Å². The van der Waals surface area contributed by atoms with E-state index in [1.165, 1.54) is 48.8 Å². The predicted octanol–water partition coefficient (Wildman–Crippen LogP) is 4.14. The van der Waals surface area contributed by atoms with Crippen molar-refractivity contribution >= 4 is 27.0 Å². The van der Waals surface area contributed by atoms with Crippen molar-refractivity contribution in [2.75, 3.05) is 26.3 Å². The normalized spacial score (nSPS) is 16.4. The van der Waals surface area contributed by atoms with Crippen molar-refractivity contribution in [1.29, 1.82) is 0 Å². The molecule has 13 heteroatoms. The van der Waals surface area contributed by atoms with Crippen LogP contribution in [0.3, 0.4) is 0 Å². The maximum atomic E-state index is 13.8. The quantitative estimate of drug-likeness (QED) is 0.387. The Morgan fingerprint density at radius 1 is 1.17 bits per heavy atom. The molecule has 0 radical (unpaired) electrons. The van der Waals surface area contributed by atoms with Crippen LogP contribution >= 0.6 is 15.9 Å². The molecule has 2 fully saturated rings. The van der Waals surface area contributed by atoms with Crippen LogP contribution in [-0.2, 0) is 11.3 Å². The second kappa shape index (κ2) is 10.5. The third-order valence-electron chi connectivity index (χ3n) is 6.11. The zero-order valence-corrected chi connectivity index (χ0v) is 20.5. The summed E-state index contributed by atoms with van der Waals surface area (Å²) in [6.07, 6.45) is 1.31. The summed E-state index contributed by atoms with van der Waals surface area (Å²) in [6.45, 7) is 4.69. The number of ether oxygens (including phenoxy) is 1. The number of nitrogens with one attached hydrogen (secondary N) is 1. The number of imidazole rings is 1. The minimum atomic E-state index is -2.85. The van der Waals surface area contributed by atoms with E-state index in [0.717, 1.165) is 19.3 Å². The van der Waals surface area contributed by atoms with Crippen LogP contribution in [0.4, 0.5) is 13.2 Å². The van der Waals surface area contributed by atoms with Crippen molar-refractivity contribution in [3.05, 3.63) is 62.8 Å². The van der Waals surface area contributed by atoms with Crippen molar-refractivity contribution in [2.24, 2.45) is 0 Å². The van der Waals surface area contributed by atoms with Gasteiger partial charge in [0.15, 0.2) is 0 Å². The fourth-order valence-electron chi connectivity index (χ4n) is 4.10. The van der Waals surface area contributed by atoms with Gasteiger partial charge in [0.2, 0.25) is 5.89 Å². The molecule has 0 spiro atoms. The first-order valence-corrected chi connectivity index (χ1v) is 12.1. The number of nitrogens with zero attached hydrogens (tertiary/aromatic N) is 5. The Morgan fingerprint density at radius 2 is 1.94 bits per heavy atom. The van der Waals surface area contributed by atoms with Crippen LogP contribution in [0.2, 0.25) is 0 Å². The highest BCUT2D eigenvalue weighted by Gasteiger charge is 2.27. The Morgan fingerprint density at radius 3 is 2.56 bits per heavy atom. The van der Waals surface area contributed by atoms with E-state index < -0.39 is 23.8 Å². The number of halogens is 4. The minimum absolute atomic E-state index is 0.0828. The van der Waals surface area contributed by atoms with Crippen LogP contribution in [-0.4, -0.2) is 62.0 Å². The second-order valence-electron chi connectivity index (χ2n) is 8.52. The molecule has 6 rings (SSSR count). The molecule has 0 atom stereocenters. The molecule has 0 bridgehead atoms. The number of aromatic amines is 1. The van der Waals surface area contributed by atoms with Gasteiger partial charge in [-0.15, -0.1) is 10.2 Å². The summed E-state index contributed by atoms with van der Waals surface area (Å²) in [6, 6.07) is 6.66. The van der Waals surface area contributed by atoms with Crippen LogP contribution in [0.15, 0.2) is 44.1 Å². The van der Waals surface area contributed by atoms with Gasteiger partial charge in [-0.1, -0.05) is 0 Å². The Kier molecular flexibility index (Phi) is 7.21. The van der Waals surface area contributed by atoms with Crippen LogP contribution in [0.1, 0.15) is 30.9 Å². The number of hydrogen-bond donors (Lipinski definition) is 1. The number of fused-ring (bicyclic) bond motifs is 1. The Hall–Kier alpha value is -3.03. The monoisotopic (exact) mass is 566 g/mol. The molecule has 0 amide bonds. The molecule has 0 saturated carbocycles. The zero-order valence-electron chi connectivity index (χ0n) is 19.0. The Balaban J connectivity index is 0.000000247. The second-order valence-corrected chi connectivity index (χ2v) is 9.37. The van der Waals surface area contributed by atoms with Crippen LogP contribution in [0.5, 0.6) is 0 Å². The first kappa shape index (κ1) is 24.7. The maximum Gasteiger partial charge on any atom is 0.326 e. The smallest absolute Gasteiger partial charge is 0.326 e. The van der Waals surface area contributed by atoms with Gasteiger partial charge in [0.25, 0.3) is 5.89 Å². The highest BCUT2D eigenvalue weighted by Crippen LogP contribution is 2.24. The van der Waals surface area contributed by atoms with Gasteiger partial charge in [0, 0.05) is 12.3 Å². The molecule has 4 aromatic rings. The van der Waals surface area contributed by atoms with Gasteiger partial charge in [-0.2, -0.15) is 8.78 Å². The molecule has 1 aromatic carbocycles. The topological polar surface area (TPSA) is 102 Å². The number of aromatic nitrogens is 5. The van der Waals surface area contributed by atoms with E-state index in [9.17, 15) is 18.0 Å². The fourth-order valence-corrected chi connectivity index (χ4v) is 4.44. The highest BCUT2D eigenvalue weighted by atomic mass is 79.9. The average molecular weight is 567 g/mol. The van der Waals surface area contributed by atoms with Gasteiger partial charge < -0.3 is 14.1 Å². The lowest BCUT2D eigenvalue weighted by Crippen LogP contribution is -2.47. The number of H-pyrrole nitrogens is 1. The van der Waals surface area contributed by atoms with Gasteiger partial charge in [0.1, 0.15) is 5.82 Å². The summed E-state index contributed by atoms with van der Waals surface area (Å²) >= 11 is 3.07. The molecular weight excluding hydrogens is 545 g/mol. The molecule has 2 saturated heterocycles. The predicted molar refractivity (Wildman–Crippen MR) is 127 cm³/mol. The van der Waals surface area contributed by atoms with Gasteiger partial charge >= 0.3 is 12.1 Å². The summed E-state index contributed by atoms with van der Waals surface area (Å²) in [5.41, 5.74) is 1.32. The zero-order chi connectivity index (χ0) is 25.2. The molecule has 5 heterocycles. The maximum absolute atomic E-state index is 13.8. The van der Waals surface area contributed by atoms with Crippen molar-refractivity contribution in [3.63, 3.8) is 0 Å². The number of rotatable bonds is 5. The molecular formula is C23H22BrF3N6O3. The van der Waals surface area contributed by atoms with E-state index >= 15 is 0 Å². The number of benzene rings is 1. The Labute approximate surface area is 211 Å². The van der Waals surface area contributed by atoms with Gasteiger partial charge in [-0.3, -0.25) is 14.5 Å². The minimum Gasteiger partial charge on any atom is -0.415 e. The van der Waals surface area contributed by atoms with Gasteiger partial charge in [0.05, 0.1) is 52.6 Å². The van der Waals surface area contributed by atoms with E-state index in [2.05, 4.69) is 41.0 Å². The summed E-state index contributed by atoms with van der Waals surface area (Å²) in [5.74, 6) is -1.35. The lowest BCUT2D eigenvalue weighted by atomic mass is 10.2. The summed E-state index contributed by atoms with van der Waals surface area (Å²) in [7, 11) is 0. The largest absolute Gasteiger partial charge is 0.415 e. The lowest BCUT2D eigenvalue weighted by molar-refractivity contribution is -0.0569. The number of alkyl halides is 2. The standard InChI is InChI=1S/C16H9BrF3N5O2.C7H13NO/c17-9-3-11-12(4-10(9)18)25(16(26)22-11)6-8-2-1-7(5-21-8)14-23-24-15(27-14)13(19)20;1-2-4-8(3-1)7-5-9-6-7/h1-5,13H,6H2,(H,22,26);7H,1-6H2. The summed E-state index contributed by atoms with van der Waals surface area (Å²) in [4.78, 5) is 21.5. The molecule has 190 valence electrons. The molecule has 1 N–H and O–H groups in total. The first-order chi connectivity index (χ1) is 17.4. The fraction of sp³-hybridized carbons (Fsp3) is 0.391. The third-order valence-corrected chi connectivity index (χ3v) is 6.72. The van der Waals surface area contributed by atoms with E-state index in [1.54, 1.807) is 12.1 Å². The summed E-state index contributed by atoms with van der Waals surface area (Å²) < 4.78 is 50.4. The molecule has 0 aliphatic carbocycles. The summed E-state index contributed by atoms with van der Waals surface area (Å²) in [5, 5.41) is 6.80. The number of likely N-dealkylation sites (tertiary alicyclic amines) is 1. The van der Waals surface area contributed by atoms with E-state index in [1.807, 2.05) is 0 Å². The lowest BCUT2D eigenvalue weighted by Gasteiger charge is -2.34. The van der Waals surface area contributed by atoms with Crippen LogP contribution < -0.4 is 5.69 Å². The van der Waals surface area contributed by atoms with Crippen LogP contribution in [0.25, 0.3) is 22.5 Å². The van der Waals surface area contributed by atoms with E-state index in [4.69, 9.17) is 9.15 Å². The molecule has 36 heavy (non-hydrogen) atoms. The number of pyridine rings is 1. The first-order valence-electron chi connectivity index (χ1n) is 11.4. The van der Waals surface area contributed by atoms with Crippen molar-refractivity contribution < 1.29 is 22.3 Å². The highest BCUT2D eigenvalue weighted by molar-refractivity contribution is 9.10. The molecule has 9 nitrogen and oxygen atoms in total. The molecule has 0 unspecified atom stereocenters. The van der Waals surface area contributed by atoms with E-state index in [0.29, 0.717) is 22.3 Å². The van der Waals surface area contributed by atoms with E-state index in [-0.39, 0.29) is 16.9 Å². The van der Waals surface area contributed by atoms with Crippen molar-refractivity contribution in [1.82, 2.24) is 29.6 Å². The average Bonchev–Trinajstić information content (AvgIpc) is 3.57. The molecule has 2 aliphatic heterocycles. The SMILES string of the molecule is C1CCN(C2COC2)C1.O=c1[nH]c2cc(Br)c(F)cc2n1Cc1ccc(-c2nnc(C(F)F)o2)cn1. The van der Waals surface area contributed by atoms with Crippen molar-refractivity contribution in [2.45, 2.75) is 31.9 Å². The molecule has 2 aliphatic rings. The number of hydrogen-bond acceptors (Lipinski definition) is 7.